The second-order valence-electron chi connectivity index (χ2n) is 3.38. The monoisotopic (exact) mass is 205 g/mol. The molecule has 80 valence electrons. The van der Waals surface area contributed by atoms with Gasteiger partial charge in [0.25, 0.3) is 0 Å². The maximum absolute atomic E-state index is 5.51. The molecule has 0 rings (SSSR count). The summed E-state index contributed by atoms with van der Waals surface area (Å²) in [6.07, 6.45) is 2.40. The van der Waals surface area contributed by atoms with Crippen LogP contribution in [0.4, 0.5) is 0 Å². The third-order valence-corrected chi connectivity index (χ3v) is 3.08. The molecular weight excluding hydrogens is 182 g/mol. The van der Waals surface area contributed by atoms with Crippen LogP contribution in [0.2, 0.25) is 0 Å². The fourth-order valence-corrected chi connectivity index (χ4v) is 1.76. The van der Waals surface area contributed by atoms with Crippen LogP contribution < -0.4 is 5.73 Å². The normalized spacial score (nSPS) is 13.2. The van der Waals surface area contributed by atoms with Crippen LogP contribution in [0.1, 0.15) is 26.7 Å². The maximum atomic E-state index is 5.51. The first kappa shape index (κ1) is 13.3. The summed E-state index contributed by atoms with van der Waals surface area (Å²) < 4.78 is 5.44. The molecule has 2 nitrogen and oxygen atoms in total. The number of hydrogen-bond donors (Lipinski definition) is 1. The van der Waals surface area contributed by atoms with Gasteiger partial charge in [-0.2, -0.15) is 11.8 Å². The maximum Gasteiger partial charge on any atom is 0.0556 e. The van der Waals surface area contributed by atoms with Gasteiger partial charge in [0.1, 0.15) is 0 Å². The molecule has 13 heavy (non-hydrogen) atoms. The van der Waals surface area contributed by atoms with Crippen LogP contribution >= 0.6 is 11.8 Å². The van der Waals surface area contributed by atoms with Crippen molar-refractivity contribution in [2.45, 2.75) is 26.7 Å². The molecule has 0 aromatic heterocycles. The zero-order valence-electron chi connectivity index (χ0n) is 8.92. The number of unbranched alkanes of at least 4 members (excludes halogenated alkanes) is 1. The molecule has 0 aliphatic rings. The van der Waals surface area contributed by atoms with Gasteiger partial charge in [0.15, 0.2) is 0 Å². The van der Waals surface area contributed by atoms with E-state index in [1.807, 2.05) is 11.8 Å². The van der Waals surface area contributed by atoms with Crippen LogP contribution in [0.15, 0.2) is 0 Å². The lowest BCUT2D eigenvalue weighted by Gasteiger charge is -2.07. The first-order chi connectivity index (χ1) is 6.31. The molecule has 0 fully saturated rings. The molecule has 0 aliphatic heterocycles. The topological polar surface area (TPSA) is 35.2 Å². The average Bonchev–Trinajstić information content (AvgIpc) is 2.16. The van der Waals surface area contributed by atoms with Gasteiger partial charge in [-0.25, -0.2) is 0 Å². The Morgan fingerprint density at radius 2 is 2.15 bits per heavy atom. The Morgan fingerprint density at radius 3 is 2.77 bits per heavy atom. The van der Waals surface area contributed by atoms with Crippen LogP contribution in [-0.2, 0) is 4.74 Å². The van der Waals surface area contributed by atoms with Crippen LogP contribution in [0.5, 0.6) is 0 Å². The van der Waals surface area contributed by atoms with Crippen LogP contribution in [0, 0.1) is 5.92 Å². The summed E-state index contributed by atoms with van der Waals surface area (Å²) in [5.41, 5.74) is 5.51. The Morgan fingerprint density at radius 1 is 1.38 bits per heavy atom. The number of rotatable bonds is 9. The summed E-state index contributed by atoms with van der Waals surface area (Å²) >= 11 is 1.94. The van der Waals surface area contributed by atoms with Crippen molar-refractivity contribution in [3.05, 3.63) is 0 Å². The molecule has 1 unspecified atom stereocenters. The van der Waals surface area contributed by atoms with Gasteiger partial charge in [-0.05, 0) is 24.6 Å². The third-order valence-electron chi connectivity index (χ3n) is 1.82. The molecule has 0 spiro atoms. The van der Waals surface area contributed by atoms with Gasteiger partial charge in [0, 0.05) is 12.4 Å². The van der Waals surface area contributed by atoms with E-state index >= 15 is 0 Å². The molecule has 0 bridgehead atoms. The van der Waals surface area contributed by atoms with Crippen molar-refractivity contribution in [2.75, 3.05) is 31.3 Å². The van der Waals surface area contributed by atoms with Gasteiger partial charge in [0.2, 0.25) is 0 Å². The fraction of sp³-hybridized carbons (Fsp3) is 1.00. The quantitative estimate of drug-likeness (QED) is 0.586. The van der Waals surface area contributed by atoms with E-state index < -0.39 is 0 Å². The molecular formula is C10H23NOS. The Bertz CT molecular complexity index is 101. The van der Waals surface area contributed by atoms with Gasteiger partial charge in [-0.15, -0.1) is 0 Å². The Hall–Kier alpha value is 0.270. The average molecular weight is 205 g/mol. The van der Waals surface area contributed by atoms with Gasteiger partial charge >= 0.3 is 0 Å². The lowest BCUT2D eigenvalue weighted by atomic mass is 10.2. The summed E-state index contributed by atoms with van der Waals surface area (Å²) in [7, 11) is 0. The molecule has 0 heterocycles. The van der Waals surface area contributed by atoms with Gasteiger partial charge < -0.3 is 10.5 Å². The lowest BCUT2D eigenvalue weighted by Crippen LogP contribution is -2.13. The summed E-state index contributed by atoms with van der Waals surface area (Å²) in [6, 6.07) is 0. The number of hydrogen-bond acceptors (Lipinski definition) is 3. The zero-order chi connectivity index (χ0) is 9.94. The molecule has 0 aliphatic carbocycles. The van der Waals surface area contributed by atoms with E-state index in [2.05, 4.69) is 13.8 Å². The molecule has 3 heteroatoms. The van der Waals surface area contributed by atoms with E-state index in [0.29, 0.717) is 5.92 Å². The van der Waals surface area contributed by atoms with Crippen LogP contribution in [-0.4, -0.2) is 31.3 Å². The summed E-state index contributed by atoms with van der Waals surface area (Å²) in [4.78, 5) is 0. The largest absolute Gasteiger partial charge is 0.381 e. The van der Waals surface area contributed by atoms with E-state index in [-0.39, 0.29) is 0 Å². The van der Waals surface area contributed by atoms with E-state index in [1.165, 1.54) is 12.8 Å². The molecule has 0 amide bonds. The summed E-state index contributed by atoms with van der Waals surface area (Å²) in [6.45, 7) is 6.97. The molecule has 1 atom stereocenters. The van der Waals surface area contributed by atoms with Gasteiger partial charge in [-0.1, -0.05) is 20.3 Å². The minimum Gasteiger partial charge on any atom is -0.381 e. The van der Waals surface area contributed by atoms with Crippen molar-refractivity contribution < 1.29 is 4.74 Å². The van der Waals surface area contributed by atoms with Gasteiger partial charge in [0.05, 0.1) is 6.61 Å². The molecule has 0 saturated heterocycles. The minimum atomic E-state index is 0.639. The smallest absolute Gasteiger partial charge is 0.0556 e. The SMILES string of the molecule is CCCCOCCSCC(C)CN. The Balaban J connectivity index is 2.91. The molecule has 0 radical (unpaired) electrons. The zero-order valence-corrected chi connectivity index (χ0v) is 9.74. The second-order valence-corrected chi connectivity index (χ2v) is 4.53. The van der Waals surface area contributed by atoms with Crippen molar-refractivity contribution in [1.82, 2.24) is 0 Å². The number of thioether (sulfide) groups is 1. The van der Waals surface area contributed by atoms with Crippen molar-refractivity contribution in [1.29, 1.82) is 0 Å². The molecule has 0 saturated carbocycles. The number of nitrogens with two attached hydrogens (primary N) is 1. The Labute approximate surface area is 86.6 Å². The van der Waals surface area contributed by atoms with E-state index in [4.69, 9.17) is 10.5 Å². The highest BCUT2D eigenvalue weighted by molar-refractivity contribution is 7.99. The third kappa shape index (κ3) is 10.2. The first-order valence-corrected chi connectivity index (χ1v) is 6.32. The van der Waals surface area contributed by atoms with Crippen LogP contribution in [0.25, 0.3) is 0 Å². The molecule has 2 N–H and O–H groups in total. The number of ether oxygens (including phenoxy) is 1. The predicted octanol–water partition coefficient (Wildman–Crippen LogP) is 2.13. The highest BCUT2D eigenvalue weighted by atomic mass is 32.2. The van der Waals surface area contributed by atoms with Crippen molar-refractivity contribution in [2.24, 2.45) is 11.7 Å². The highest BCUT2D eigenvalue weighted by Gasteiger charge is 1.98. The standard InChI is InChI=1S/C10H23NOS/c1-3-4-5-12-6-7-13-9-10(2)8-11/h10H,3-9,11H2,1-2H3. The minimum absolute atomic E-state index is 0.639. The Kier molecular flexibility index (Phi) is 10.6. The lowest BCUT2D eigenvalue weighted by molar-refractivity contribution is 0.147. The van der Waals surface area contributed by atoms with Crippen molar-refractivity contribution in [3.63, 3.8) is 0 Å². The fourth-order valence-electron chi connectivity index (χ4n) is 0.819. The van der Waals surface area contributed by atoms with Gasteiger partial charge in [-0.3, -0.25) is 0 Å². The molecule has 0 aromatic carbocycles. The first-order valence-electron chi connectivity index (χ1n) is 5.16. The second kappa shape index (κ2) is 10.4. The van der Waals surface area contributed by atoms with E-state index in [9.17, 15) is 0 Å². The molecule has 0 aromatic rings. The summed E-state index contributed by atoms with van der Waals surface area (Å²) in [5.74, 6) is 2.91. The predicted molar refractivity (Wildman–Crippen MR) is 61.3 cm³/mol. The summed E-state index contributed by atoms with van der Waals surface area (Å²) in [5, 5.41) is 0. The van der Waals surface area contributed by atoms with E-state index in [1.54, 1.807) is 0 Å². The van der Waals surface area contributed by atoms with Crippen LogP contribution in [0.3, 0.4) is 0 Å². The van der Waals surface area contributed by atoms with Crippen molar-refractivity contribution >= 4 is 11.8 Å². The van der Waals surface area contributed by atoms with Crippen molar-refractivity contribution in [3.8, 4) is 0 Å². The van der Waals surface area contributed by atoms with E-state index in [0.717, 1.165) is 31.3 Å². The highest BCUT2D eigenvalue weighted by Crippen LogP contribution is 2.06.